The average Bonchev–Trinajstić information content (AvgIpc) is 2.96. The van der Waals surface area contributed by atoms with E-state index in [0.29, 0.717) is 13.0 Å². The van der Waals surface area contributed by atoms with Crippen molar-refractivity contribution in [3.63, 3.8) is 0 Å². The number of likely N-dealkylation sites (N-methyl/N-ethyl adjacent to an activating group) is 1. The second-order valence-electron chi connectivity index (χ2n) is 14.3. The Kier molecular flexibility index (Phi) is 13.2. The van der Waals surface area contributed by atoms with Gasteiger partial charge in [-0.05, 0) is 60.5 Å². The van der Waals surface area contributed by atoms with E-state index in [-0.39, 0.29) is 55.7 Å². The van der Waals surface area contributed by atoms with Gasteiger partial charge in [-0.3, -0.25) is 9.59 Å². The maximum atomic E-state index is 13.5. The number of carbonyl (C=O) groups is 2. The van der Waals surface area contributed by atoms with Crippen LogP contribution in [0.4, 0.5) is 0 Å². The maximum absolute atomic E-state index is 13.5. The molecule has 13 heteroatoms. The summed E-state index contributed by atoms with van der Waals surface area (Å²) in [5.74, 6) is -2.07. The van der Waals surface area contributed by atoms with Crippen LogP contribution in [0.1, 0.15) is 74.1 Å². The molecule has 3 aliphatic rings. The molecule has 14 atom stereocenters. The van der Waals surface area contributed by atoms with E-state index in [2.05, 4.69) is 10.6 Å². The first kappa shape index (κ1) is 38.0. The van der Waals surface area contributed by atoms with Gasteiger partial charge < -0.3 is 54.5 Å². The van der Waals surface area contributed by atoms with Gasteiger partial charge in [-0.15, -0.1) is 0 Å². The van der Waals surface area contributed by atoms with Crippen LogP contribution in [-0.2, 0) is 33.3 Å². The van der Waals surface area contributed by atoms with Gasteiger partial charge in [-0.25, -0.2) is 0 Å². The number of hydrogen-bond donors (Lipinski definition) is 5. The van der Waals surface area contributed by atoms with Gasteiger partial charge in [0.2, 0.25) is 11.8 Å². The molecule has 0 aromatic heterocycles. The van der Waals surface area contributed by atoms with E-state index >= 15 is 0 Å². The number of hydrogen-bond acceptors (Lipinski definition) is 11. The van der Waals surface area contributed by atoms with Crippen LogP contribution in [-0.4, -0.2) is 133 Å². The summed E-state index contributed by atoms with van der Waals surface area (Å²) in [7, 11) is 5.30. The third-order valence-corrected chi connectivity index (χ3v) is 9.92. The third-order valence-electron chi connectivity index (χ3n) is 9.92. The van der Waals surface area contributed by atoms with Crippen molar-refractivity contribution in [3.05, 3.63) is 0 Å². The van der Waals surface area contributed by atoms with E-state index in [1.807, 2.05) is 39.8 Å². The van der Waals surface area contributed by atoms with Gasteiger partial charge in [-0.2, -0.15) is 0 Å². The summed E-state index contributed by atoms with van der Waals surface area (Å²) in [5, 5.41) is 40.0. The molecule has 0 unspecified atom stereocenters. The van der Waals surface area contributed by atoms with Crippen LogP contribution >= 0.6 is 0 Å². The highest BCUT2D eigenvalue weighted by atomic mass is 16.7. The number of aliphatic hydroxyl groups is 3. The molecule has 3 heterocycles. The van der Waals surface area contributed by atoms with Crippen molar-refractivity contribution in [1.82, 2.24) is 15.5 Å². The van der Waals surface area contributed by atoms with Gasteiger partial charge in [0.15, 0.2) is 12.6 Å². The van der Waals surface area contributed by atoms with E-state index in [1.165, 1.54) is 7.11 Å². The Bertz CT molecular complexity index is 985. The molecule has 0 radical (unpaired) electrons. The lowest BCUT2D eigenvalue weighted by Gasteiger charge is -2.48. The van der Waals surface area contributed by atoms with Crippen LogP contribution in [0.5, 0.6) is 0 Å². The lowest BCUT2D eigenvalue weighted by Crippen LogP contribution is -2.60. The van der Waals surface area contributed by atoms with E-state index in [1.54, 1.807) is 27.7 Å². The first-order chi connectivity index (χ1) is 20.9. The summed E-state index contributed by atoms with van der Waals surface area (Å²) in [6.07, 6.45) is -5.32. The van der Waals surface area contributed by atoms with Crippen LogP contribution in [0, 0.1) is 17.8 Å². The highest BCUT2D eigenvalue weighted by Gasteiger charge is 2.51. The predicted octanol–water partition coefficient (Wildman–Crippen LogP) is 0.769. The summed E-state index contributed by atoms with van der Waals surface area (Å²) in [5.41, 5.74) is -2.46. The quantitative estimate of drug-likeness (QED) is 0.277. The van der Waals surface area contributed by atoms with E-state index in [0.717, 1.165) is 0 Å². The summed E-state index contributed by atoms with van der Waals surface area (Å²) < 4.78 is 31.1. The normalized spacial score (nSPS) is 46.3. The molecule has 45 heavy (non-hydrogen) atoms. The fourth-order valence-corrected chi connectivity index (χ4v) is 7.15. The minimum atomic E-state index is -1.50. The molecular formula is C32H59N3O10. The standard InChI is InChI=1S/C32H59N3O10/c1-17-14-31(6,40)28(45-30-25(37)22(35(8)9)13-18(2)42-30)19(3)26(20(4)29(39)33-12-11-23(36)34-16-17)44-24-15-32(7,41-10)27(38)21(5)43-24/h17-22,24-28,30,37-38,40H,11-16H2,1-10H3,(H,33,39)(H,34,36)/t17-,18-,19+,20-,21+,22+,24+,25-,26+,27+,28-,30+,31-,32-/m1/s1. The van der Waals surface area contributed by atoms with Gasteiger partial charge in [0.05, 0.1) is 41.5 Å². The summed E-state index contributed by atoms with van der Waals surface area (Å²) in [6, 6.07) is -0.237. The Morgan fingerprint density at radius 1 is 0.978 bits per heavy atom. The molecule has 3 fully saturated rings. The van der Waals surface area contributed by atoms with Gasteiger partial charge in [0.1, 0.15) is 12.2 Å². The van der Waals surface area contributed by atoms with Crippen LogP contribution in [0.25, 0.3) is 0 Å². The number of rotatable bonds is 6. The highest BCUT2D eigenvalue weighted by molar-refractivity contribution is 5.80. The molecule has 13 nitrogen and oxygen atoms in total. The second-order valence-corrected chi connectivity index (χ2v) is 14.3. The van der Waals surface area contributed by atoms with Gasteiger partial charge >= 0.3 is 0 Å². The predicted molar refractivity (Wildman–Crippen MR) is 166 cm³/mol. The molecule has 3 saturated heterocycles. The number of amides is 2. The molecular weight excluding hydrogens is 586 g/mol. The Hall–Kier alpha value is -1.42. The molecule has 0 saturated carbocycles. The summed E-state index contributed by atoms with van der Waals surface area (Å²) >= 11 is 0. The molecule has 0 aromatic carbocycles. The Labute approximate surface area is 268 Å². The molecule has 262 valence electrons. The minimum absolute atomic E-state index is 0.115. The molecule has 3 rings (SSSR count). The molecule has 5 N–H and O–H groups in total. The van der Waals surface area contributed by atoms with Crippen molar-refractivity contribution in [1.29, 1.82) is 0 Å². The van der Waals surface area contributed by atoms with Gasteiger partial charge in [0, 0.05) is 45.0 Å². The van der Waals surface area contributed by atoms with E-state index in [9.17, 15) is 24.9 Å². The zero-order valence-electron chi connectivity index (χ0n) is 28.8. The van der Waals surface area contributed by atoms with Crippen molar-refractivity contribution in [2.75, 3.05) is 34.3 Å². The molecule has 0 bridgehead atoms. The van der Waals surface area contributed by atoms with Crippen LogP contribution in [0.2, 0.25) is 0 Å². The van der Waals surface area contributed by atoms with Gasteiger partial charge in [0.25, 0.3) is 0 Å². The number of nitrogens with zero attached hydrogens (tertiary/aromatic N) is 1. The third kappa shape index (κ3) is 9.35. The summed E-state index contributed by atoms with van der Waals surface area (Å²) in [4.78, 5) is 27.9. The SMILES string of the molecule is CO[C@]1(C)C[C@H](O[C@H]2[C@H](C)[C@@H](O[C@@H]3O[C@H](C)C[C@H](N(C)C)[C@H]3O)[C@](C)(O)C[C@@H](C)CNC(=O)CCNC(=O)[C@@H]2C)O[C@@H](C)[C@@H]1O. The maximum Gasteiger partial charge on any atom is 0.225 e. The molecule has 0 aromatic rings. The van der Waals surface area contributed by atoms with Crippen LogP contribution in [0.15, 0.2) is 0 Å². The summed E-state index contributed by atoms with van der Waals surface area (Å²) in [6.45, 7) is 13.1. The Morgan fingerprint density at radius 2 is 1.64 bits per heavy atom. The number of carbonyl (C=O) groups excluding carboxylic acids is 2. The Balaban J connectivity index is 2.04. The van der Waals surface area contributed by atoms with E-state index < -0.39 is 66.1 Å². The smallest absolute Gasteiger partial charge is 0.225 e. The fourth-order valence-electron chi connectivity index (χ4n) is 7.15. The van der Waals surface area contributed by atoms with Crippen LogP contribution < -0.4 is 10.6 Å². The van der Waals surface area contributed by atoms with Crippen molar-refractivity contribution >= 4 is 11.8 Å². The highest BCUT2D eigenvalue weighted by Crippen LogP contribution is 2.39. The Morgan fingerprint density at radius 3 is 2.27 bits per heavy atom. The van der Waals surface area contributed by atoms with Crippen molar-refractivity contribution in [2.24, 2.45) is 17.8 Å². The number of nitrogens with one attached hydrogen (secondary N) is 2. The lowest BCUT2D eigenvalue weighted by atomic mass is 9.77. The van der Waals surface area contributed by atoms with Crippen molar-refractivity contribution < 1.29 is 48.6 Å². The average molecular weight is 646 g/mol. The van der Waals surface area contributed by atoms with Crippen molar-refractivity contribution in [3.8, 4) is 0 Å². The zero-order chi connectivity index (χ0) is 33.9. The molecule has 3 aliphatic heterocycles. The van der Waals surface area contributed by atoms with Crippen LogP contribution in [0.3, 0.4) is 0 Å². The van der Waals surface area contributed by atoms with Gasteiger partial charge in [-0.1, -0.05) is 20.8 Å². The number of ether oxygens (including phenoxy) is 5. The largest absolute Gasteiger partial charge is 0.387 e. The molecule has 2 amide bonds. The first-order valence-corrected chi connectivity index (χ1v) is 16.4. The number of aliphatic hydroxyl groups excluding tert-OH is 2. The van der Waals surface area contributed by atoms with Crippen molar-refractivity contribution in [2.45, 2.75) is 141 Å². The number of methoxy groups -OCH3 is 1. The molecule has 0 aliphatic carbocycles. The van der Waals surface area contributed by atoms with E-state index in [4.69, 9.17) is 23.7 Å². The molecule has 0 spiro atoms. The topological polar surface area (TPSA) is 168 Å². The fraction of sp³-hybridized carbons (Fsp3) is 0.938. The monoisotopic (exact) mass is 645 g/mol. The lowest BCUT2D eigenvalue weighted by molar-refractivity contribution is -0.317. The zero-order valence-corrected chi connectivity index (χ0v) is 28.8. The second kappa shape index (κ2) is 15.7. The minimum Gasteiger partial charge on any atom is -0.387 e. The first-order valence-electron chi connectivity index (χ1n) is 16.4.